The number of esters is 4. The Balaban J connectivity index is 0.00000661. The molecule has 2 unspecified atom stereocenters. The highest BCUT2D eigenvalue weighted by Crippen LogP contribution is 2.64. The van der Waals surface area contributed by atoms with Crippen LogP contribution in [0.5, 0.6) is 0 Å². The van der Waals surface area contributed by atoms with Crippen molar-refractivity contribution in [3.63, 3.8) is 0 Å². The first-order chi connectivity index (χ1) is 29.3. The van der Waals surface area contributed by atoms with E-state index in [2.05, 4.69) is 5.32 Å². The zero-order chi connectivity index (χ0) is 44.9. The summed E-state index contributed by atoms with van der Waals surface area (Å²) in [6.45, 7) is 7.97. The number of nitrogens with one attached hydrogen (secondary N) is 1. The van der Waals surface area contributed by atoms with Crippen LogP contribution in [0.2, 0.25) is 0 Å². The van der Waals surface area contributed by atoms with Gasteiger partial charge in [-0.1, -0.05) is 88.0 Å². The Hall–Kier alpha value is -5.74. The van der Waals surface area contributed by atoms with Crippen LogP contribution in [-0.4, -0.2) is 105 Å². The van der Waals surface area contributed by atoms with E-state index in [1.54, 1.807) is 92.7 Å². The number of benzene rings is 3. The average Bonchev–Trinajstić information content (AvgIpc) is 3.24. The van der Waals surface area contributed by atoms with Gasteiger partial charge in [-0.25, -0.2) is 9.59 Å². The van der Waals surface area contributed by atoms with E-state index >= 15 is 4.79 Å². The zero-order valence-electron chi connectivity index (χ0n) is 35.2. The van der Waals surface area contributed by atoms with Crippen LogP contribution in [-0.2, 0) is 42.9 Å². The Bertz CT molecular complexity index is 2280. The molecular formula is C48H55NO14. The molecule has 63 heavy (non-hydrogen) atoms. The smallest absolute Gasteiger partial charge is 0.338 e. The van der Waals surface area contributed by atoms with Gasteiger partial charge in [-0.3, -0.25) is 19.2 Å². The molecule has 1 amide bonds. The molecule has 3 aliphatic carbocycles. The van der Waals surface area contributed by atoms with Crippen LogP contribution in [0.25, 0.3) is 0 Å². The molecule has 0 spiro atoms. The molecule has 1 heterocycles. The van der Waals surface area contributed by atoms with Gasteiger partial charge in [0.15, 0.2) is 23.6 Å². The minimum absolute atomic E-state index is 0. The van der Waals surface area contributed by atoms with Gasteiger partial charge in [0, 0.05) is 37.7 Å². The third-order valence-electron chi connectivity index (χ3n) is 13.5. The third-order valence-corrected chi connectivity index (χ3v) is 13.5. The van der Waals surface area contributed by atoms with Crippen LogP contribution in [0.4, 0.5) is 0 Å². The fraction of sp³-hybridized carbons (Fsp3) is 0.458. The van der Waals surface area contributed by atoms with Gasteiger partial charge < -0.3 is 44.3 Å². The van der Waals surface area contributed by atoms with Crippen LogP contribution in [0, 0.1) is 16.7 Å². The molecule has 336 valence electrons. The molecule has 15 nitrogen and oxygen atoms in total. The summed E-state index contributed by atoms with van der Waals surface area (Å²) in [4.78, 5) is 83.5. The zero-order valence-corrected chi connectivity index (χ0v) is 35.2. The lowest BCUT2D eigenvalue weighted by Gasteiger charge is -2.67. The topological polar surface area (TPSA) is 221 Å². The number of amides is 1. The summed E-state index contributed by atoms with van der Waals surface area (Å²) >= 11 is 0. The molecule has 3 fully saturated rings. The van der Waals surface area contributed by atoms with Crippen molar-refractivity contribution in [2.45, 2.75) is 116 Å². The largest absolute Gasteiger partial charge is 0.456 e. The number of rotatable bonds is 10. The molecule has 4 aliphatic rings. The average molecular weight is 870 g/mol. The van der Waals surface area contributed by atoms with Crippen molar-refractivity contribution in [2.24, 2.45) is 16.7 Å². The van der Waals surface area contributed by atoms with E-state index in [0.29, 0.717) is 5.56 Å². The van der Waals surface area contributed by atoms with Crippen molar-refractivity contribution >= 4 is 35.6 Å². The molecule has 4 N–H and O–H groups in total. The molecule has 11 atom stereocenters. The molecule has 1 aliphatic heterocycles. The predicted molar refractivity (Wildman–Crippen MR) is 224 cm³/mol. The maximum atomic E-state index is 15.5. The highest BCUT2D eigenvalue weighted by molar-refractivity contribution is 5.96. The number of Topliss-reactive ketones (excluding diaryl/α,β-unsaturated/α-hetero) is 1. The monoisotopic (exact) mass is 869 g/mol. The van der Waals surface area contributed by atoms with Gasteiger partial charge in [0.25, 0.3) is 5.91 Å². The van der Waals surface area contributed by atoms with E-state index in [9.17, 15) is 39.3 Å². The van der Waals surface area contributed by atoms with Crippen LogP contribution >= 0.6 is 0 Å². The van der Waals surface area contributed by atoms with E-state index in [1.165, 1.54) is 26.0 Å². The van der Waals surface area contributed by atoms with Gasteiger partial charge >= 0.3 is 23.9 Å². The van der Waals surface area contributed by atoms with Crippen LogP contribution < -0.4 is 5.32 Å². The van der Waals surface area contributed by atoms with Gasteiger partial charge in [0.05, 0.1) is 35.6 Å². The standard InChI is InChI=1S/C47H51NO14.CH4/c1-25-31(60-43(56)36(52)35(28-16-10-7-11-17-28)48-41(54)29-18-12-8-13-19-29)23-47(57)40(61-42(55)30-20-14-9-15-21-30)38-45(6,32(51)22-33-46(38,24-58-33)62-27(3)50)39(53)37(59-26(2)49)34(25)44(47,4)5;/h7-21,31-33,35-38,40,51-52,57H,22-24H2,1-6H3,(H,48,54);1H4/t31-,32-,33+,35-,36-,37?,38?,40-,45+,46-,47+;/m0./s1. The van der Waals surface area contributed by atoms with Crippen molar-refractivity contribution < 1.29 is 67.8 Å². The third kappa shape index (κ3) is 7.85. The quantitative estimate of drug-likeness (QED) is 0.126. The molecule has 7 rings (SSSR count). The van der Waals surface area contributed by atoms with Crippen molar-refractivity contribution in [1.82, 2.24) is 5.32 Å². The molecule has 2 saturated carbocycles. The fourth-order valence-corrected chi connectivity index (χ4v) is 10.2. The number of carbonyl (C=O) groups excluding carboxylic acids is 6. The first-order valence-electron chi connectivity index (χ1n) is 20.5. The van der Waals surface area contributed by atoms with E-state index in [-0.39, 0.29) is 42.7 Å². The summed E-state index contributed by atoms with van der Waals surface area (Å²) < 4.78 is 30.3. The first-order valence-corrected chi connectivity index (χ1v) is 20.5. The van der Waals surface area contributed by atoms with Crippen molar-refractivity contribution in [1.29, 1.82) is 0 Å². The lowest BCUT2D eigenvalue weighted by molar-refractivity contribution is -0.346. The summed E-state index contributed by atoms with van der Waals surface area (Å²) in [5, 5.41) is 40.2. The summed E-state index contributed by atoms with van der Waals surface area (Å²) in [5.41, 5.74) is -7.02. The Morgan fingerprint density at radius 3 is 1.94 bits per heavy atom. The van der Waals surface area contributed by atoms with E-state index in [0.717, 1.165) is 13.8 Å². The summed E-state index contributed by atoms with van der Waals surface area (Å²) in [5.74, 6) is -6.84. The second-order valence-electron chi connectivity index (χ2n) is 17.4. The molecule has 1 saturated heterocycles. The number of hydrogen-bond donors (Lipinski definition) is 4. The lowest BCUT2D eigenvalue weighted by atomic mass is 9.44. The molecule has 3 aromatic rings. The normalized spacial score (nSPS) is 31.3. The Labute approximate surface area is 365 Å². The lowest BCUT2D eigenvalue weighted by Crippen LogP contribution is -2.82. The number of hydrogen-bond acceptors (Lipinski definition) is 14. The van der Waals surface area contributed by atoms with Gasteiger partial charge in [-0.15, -0.1) is 0 Å². The van der Waals surface area contributed by atoms with Crippen molar-refractivity contribution in [2.75, 3.05) is 6.61 Å². The highest BCUT2D eigenvalue weighted by atomic mass is 16.6. The fourth-order valence-electron chi connectivity index (χ4n) is 10.2. The summed E-state index contributed by atoms with van der Waals surface area (Å²) in [7, 11) is 0. The Kier molecular flexibility index (Phi) is 12.9. The minimum atomic E-state index is -2.39. The number of ether oxygens (including phenoxy) is 5. The molecule has 0 radical (unpaired) electrons. The Morgan fingerprint density at radius 2 is 1.40 bits per heavy atom. The van der Waals surface area contributed by atoms with Gasteiger partial charge in [0.2, 0.25) is 0 Å². The predicted octanol–water partition coefficient (Wildman–Crippen LogP) is 4.37. The number of aliphatic hydroxyl groups is 3. The van der Waals surface area contributed by atoms with Crippen LogP contribution in [0.15, 0.2) is 102 Å². The molecule has 2 bridgehead atoms. The van der Waals surface area contributed by atoms with Crippen molar-refractivity contribution in [3.8, 4) is 0 Å². The second kappa shape index (κ2) is 17.4. The van der Waals surface area contributed by atoms with Crippen LogP contribution in [0.3, 0.4) is 0 Å². The first kappa shape index (κ1) is 46.8. The summed E-state index contributed by atoms with van der Waals surface area (Å²) in [6, 6.07) is 22.9. The van der Waals surface area contributed by atoms with Crippen LogP contribution in [0.1, 0.15) is 94.1 Å². The second-order valence-corrected chi connectivity index (χ2v) is 17.4. The number of aliphatic hydroxyl groups excluding tert-OH is 2. The number of fused-ring (bicyclic) bond motifs is 5. The van der Waals surface area contributed by atoms with E-state index in [1.807, 2.05) is 0 Å². The van der Waals surface area contributed by atoms with Gasteiger partial charge in [-0.2, -0.15) is 0 Å². The SMILES string of the molecule is C.CC(=O)OC1C(=O)[C@@]2(C)C([C@H](OC(=O)c3ccccc3)[C@]3(O)C[C@H](OC(=O)[C@@H](O)[C@@H](NC(=O)c4ccccc4)c4ccccc4)C(C)=C1C3(C)C)[C@]1(OC(C)=O)CO[C@@H]1C[C@@H]2O. The maximum Gasteiger partial charge on any atom is 0.338 e. The molecule has 15 heteroatoms. The van der Waals surface area contributed by atoms with Crippen molar-refractivity contribution in [3.05, 3.63) is 119 Å². The highest BCUT2D eigenvalue weighted by Gasteiger charge is 2.78. The number of ketones is 1. The van der Waals surface area contributed by atoms with E-state index < -0.39 is 113 Å². The van der Waals surface area contributed by atoms with Gasteiger partial charge in [-0.05, 0) is 54.8 Å². The molecular weight excluding hydrogens is 815 g/mol. The van der Waals surface area contributed by atoms with E-state index in [4.69, 9.17) is 23.7 Å². The minimum Gasteiger partial charge on any atom is -0.456 e. The molecule has 0 aromatic heterocycles. The molecule has 3 aromatic carbocycles. The summed E-state index contributed by atoms with van der Waals surface area (Å²) in [6.07, 6.45) is -10.5. The Morgan fingerprint density at radius 1 is 0.825 bits per heavy atom. The van der Waals surface area contributed by atoms with Gasteiger partial charge in [0.1, 0.15) is 23.9 Å². The maximum absolute atomic E-state index is 15.5. The number of carbonyl (C=O) groups is 6.